The van der Waals surface area contributed by atoms with Gasteiger partial charge in [0.25, 0.3) is 11.9 Å². The van der Waals surface area contributed by atoms with Crippen LogP contribution in [0.4, 0.5) is 0 Å². The Morgan fingerprint density at radius 1 is 0.800 bits per heavy atom. The van der Waals surface area contributed by atoms with Crippen molar-refractivity contribution in [1.29, 1.82) is 0 Å². The monoisotopic (exact) mass is 214 g/mol. The Morgan fingerprint density at radius 3 is 1.47 bits per heavy atom. The van der Waals surface area contributed by atoms with Crippen molar-refractivity contribution in [1.82, 2.24) is 0 Å². The van der Waals surface area contributed by atoms with Gasteiger partial charge < -0.3 is 14.2 Å². The lowest BCUT2D eigenvalue weighted by molar-refractivity contribution is -0.000531. The standard InChI is InChI=1S/C12H22O3/c1-5-9-11(13-7-3)15-12(10-6-2)14-8-4/h9-10H,5-8H2,1-4H3. The molecule has 0 saturated heterocycles. The number of hydrogen-bond donors (Lipinski definition) is 0. The van der Waals surface area contributed by atoms with E-state index < -0.39 is 0 Å². The Balaban J connectivity index is 4.32. The molecule has 15 heavy (non-hydrogen) atoms. The maximum Gasteiger partial charge on any atom is 0.282 e. The van der Waals surface area contributed by atoms with E-state index >= 15 is 0 Å². The summed E-state index contributed by atoms with van der Waals surface area (Å²) in [6.45, 7) is 9.11. The van der Waals surface area contributed by atoms with E-state index in [-0.39, 0.29) is 0 Å². The van der Waals surface area contributed by atoms with Gasteiger partial charge in [0.2, 0.25) is 0 Å². The van der Waals surface area contributed by atoms with Crippen molar-refractivity contribution in [3.63, 3.8) is 0 Å². The predicted octanol–water partition coefficient (Wildman–Crippen LogP) is 3.58. The smallest absolute Gasteiger partial charge is 0.282 e. The molecular weight excluding hydrogens is 192 g/mol. The third-order valence-corrected chi connectivity index (χ3v) is 1.52. The molecule has 0 fully saturated rings. The summed E-state index contributed by atoms with van der Waals surface area (Å²) < 4.78 is 16.1. The van der Waals surface area contributed by atoms with Crippen molar-refractivity contribution < 1.29 is 14.2 Å². The van der Waals surface area contributed by atoms with Gasteiger partial charge in [-0.1, -0.05) is 13.8 Å². The Kier molecular flexibility index (Phi) is 8.73. The van der Waals surface area contributed by atoms with Crippen molar-refractivity contribution in [3.8, 4) is 0 Å². The minimum Gasteiger partial charge on any atom is -0.466 e. The fourth-order valence-corrected chi connectivity index (χ4v) is 0.977. The molecule has 0 aromatic heterocycles. The van der Waals surface area contributed by atoms with Crippen molar-refractivity contribution in [2.24, 2.45) is 0 Å². The molecule has 0 aliphatic carbocycles. The minimum atomic E-state index is 0.521. The molecule has 0 heterocycles. The minimum absolute atomic E-state index is 0.521. The van der Waals surface area contributed by atoms with E-state index in [1.165, 1.54) is 0 Å². The molecular formula is C12H22O3. The van der Waals surface area contributed by atoms with Crippen molar-refractivity contribution >= 4 is 0 Å². The van der Waals surface area contributed by atoms with Gasteiger partial charge in [0.15, 0.2) is 0 Å². The van der Waals surface area contributed by atoms with Gasteiger partial charge >= 0.3 is 0 Å². The fraction of sp³-hybridized carbons (Fsp3) is 0.667. The second-order valence-electron chi connectivity index (χ2n) is 2.83. The van der Waals surface area contributed by atoms with Crippen molar-refractivity contribution in [2.45, 2.75) is 40.5 Å². The normalized spacial score (nSPS) is 12.5. The van der Waals surface area contributed by atoms with Crippen LogP contribution in [0.3, 0.4) is 0 Å². The van der Waals surface area contributed by atoms with Crippen LogP contribution in [0.15, 0.2) is 24.0 Å². The Labute approximate surface area is 92.7 Å². The fourth-order valence-electron chi connectivity index (χ4n) is 0.977. The van der Waals surface area contributed by atoms with Gasteiger partial charge in [0.05, 0.1) is 13.2 Å². The molecule has 0 atom stereocenters. The molecule has 3 nitrogen and oxygen atoms in total. The zero-order valence-corrected chi connectivity index (χ0v) is 10.2. The lowest BCUT2D eigenvalue weighted by Gasteiger charge is -2.12. The molecule has 0 aliphatic heterocycles. The summed E-state index contributed by atoms with van der Waals surface area (Å²) in [5.74, 6) is 1.04. The van der Waals surface area contributed by atoms with Gasteiger partial charge in [0, 0.05) is 0 Å². The van der Waals surface area contributed by atoms with E-state index in [9.17, 15) is 0 Å². The Bertz CT molecular complexity index is 185. The summed E-state index contributed by atoms with van der Waals surface area (Å²) in [4.78, 5) is 0. The van der Waals surface area contributed by atoms with E-state index in [1.54, 1.807) is 0 Å². The van der Waals surface area contributed by atoms with Crippen LogP contribution < -0.4 is 0 Å². The molecule has 0 aromatic rings. The van der Waals surface area contributed by atoms with Gasteiger partial charge in [-0.2, -0.15) is 0 Å². The number of allylic oxidation sites excluding steroid dienone is 2. The molecule has 3 heteroatoms. The largest absolute Gasteiger partial charge is 0.466 e. The van der Waals surface area contributed by atoms with E-state index in [0.717, 1.165) is 12.8 Å². The van der Waals surface area contributed by atoms with Gasteiger partial charge in [-0.25, -0.2) is 0 Å². The zero-order chi connectivity index (χ0) is 11.5. The number of hydrogen-bond acceptors (Lipinski definition) is 3. The summed E-state index contributed by atoms with van der Waals surface area (Å²) in [6.07, 6.45) is 5.54. The third kappa shape index (κ3) is 6.89. The van der Waals surface area contributed by atoms with E-state index in [4.69, 9.17) is 14.2 Å². The average molecular weight is 214 g/mol. The van der Waals surface area contributed by atoms with Crippen molar-refractivity contribution in [3.05, 3.63) is 24.0 Å². The predicted molar refractivity (Wildman–Crippen MR) is 61.1 cm³/mol. The van der Waals surface area contributed by atoms with Crippen LogP contribution in [0.25, 0.3) is 0 Å². The highest BCUT2D eigenvalue weighted by molar-refractivity contribution is 4.91. The van der Waals surface area contributed by atoms with Gasteiger partial charge in [0.1, 0.15) is 0 Å². The summed E-state index contributed by atoms with van der Waals surface area (Å²) in [6, 6.07) is 0. The van der Waals surface area contributed by atoms with Crippen LogP contribution in [0.5, 0.6) is 0 Å². The molecule has 0 unspecified atom stereocenters. The Morgan fingerprint density at radius 2 is 1.20 bits per heavy atom. The molecule has 0 spiro atoms. The second kappa shape index (κ2) is 9.44. The summed E-state index contributed by atoms with van der Waals surface area (Å²) in [7, 11) is 0. The number of ether oxygens (including phenoxy) is 3. The van der Waals surface area contributed by atoms with Crippen LogP contribution in [0.1, 0.15) is 40.5 Å². The quantitative estimate of drug-likeness (QED) is 0.578. The van der Waals surface area contributed by atoms with Gasteiger partial charge in [-0.15, -0.1) is 0 Å². The van der Waals surface area contributed by atoms with E-state index in [2.05, 4.69) is 0 Å². The first-order chi connectivity index (χ1) is 7.28. The summed E-state index contributed by atoms with van der Waals surface area (Å²) in [5.41, 5.74) is 0. The lowest BCUT2D eigenvalue weighted by Crippen LogP contribution is -2.02. The zero-order valence-electron chi connectivity index (χ0n) is 10.2. The molecule has 0 rings (SSSR count). The summed E-state index contributed by atoms with van der Waals surface area (Å²) >= 11 is 0. The SMILES string of the molecule is CCC=C(OCC)OC(=CCC)OCC. The highest BCUT2D eigenvalue weighted by atomic mass is 16.7. The topological polar surface area (TPSA) is 27.7 Å². The molecule has 0 N–H and O–H groups in total. The van der Waals surface area contributed by atoms with Crippen LogP contribution in [-0.4, -0.2) is 13.2 Å². The molecule has 0 saturated carbocycles. The van der Waals surface area contributed by atoms with Crippen LogP contribution in [0, 0.1) is 0 Å². The molecule has 0 bridgehead atoms. The van der Waals surface area contributed by atoms with Crippen LogP contribution in [0.2, 0.25) is 0 Å². The van der Waals surface area contributed by atoms with E-state index in [0.29, 0.717) is 25.1 Å². The molecule has 0 radical (unpaired) electrons. The maximum absolute atomic E-state index is 5.49. The molecule has 0 amide bonds. The van der Waals surface area contributed by atoms with Crippen LogP contribution >= 0.6 is 0 Å². The first kappa shape index (κ1) is 13.9. The van der Waals surface area contributed by atoms with E-state index in [1.807, 2.05) is 39.8 Å². The lowest BCUT2D eigenvalue weighted by atomic mass is 10.4. The van der Waals surface area contributed by atoms with Gasteiger partial charge in [-0.3, -0.25) is 0 Å². The molecule has 0 aliphatic rings. The van der Waals surface area contributed by atoms with Crippen molar-refractivity contribution in [2.75, 3.05) is 13.2 Å². The number of rotatable bonds is 8. The second-order valence-corrected chi connectivity index (χ2v) is 2.83. The highest BCUT2D eigenvalue weighted by Gasteiger charge is 2.03. The van der Waals surface area contributed by atoms with Crippen LogP contribution in [-0.2, 0) is 14.2 Å². The molecule has 0 aromatic carbocycles. The first-order valence-corrected chi connectivity index (χ1v) is 5.62. The third-order valence-electron chi connectivity index (χ3n) is 1.52. The molecule has 88 valence electrons. The maximum atomic E-state index is 5.49. The highest BCUT2D eigenvalue weighted by Crippen LogP contribution is 2.11. The summed E-state index contributed by atoms with van der Waals surface area (Å²) in [5, 5.41) is 0. The first-order valence-electron chi connectivity index (χ1n) is 5.62. The average Bonchev–Trinajstić information content (AvgIpc) is 2.19. The van der Waals surface area contributed by atoms with Gasteiger partial charge in [-0.05, 0) is 38.8 Å². The Hall–Kier alpha value is -1.12.